The van der Waals surface area contributed by atoms with Gasteiger partial charge in [0, 0.05) is 24.9 Å². The number of aryl methyl sites for hydroxylation is 3. The first-order valence-corrected chi connectivity index (χ1v) is 8.97. The predicted octanol–water partition coefficient (Wildman–Crippen LogP) is 4.22. The number of benzene rings is 2. The van der Waals surface area contributed by atoms with Crippen LogP contribution in [0.3, 0.4) is 0 Å². The number of aromatic nitrogens is 1. The van der Waals surface area contributed by atoms with Crippen molar-refractivity contribution in [3.05, 3.63) is 71.2 Å². The average Bonchev–Trinajstić information content (AvgIpc) is 3.16. The third-order valence-corrected chi connectivity index (χ3v) is 4.56. The summed E-state index contributed by atoms with van der Waals surface area (Å²) in [5.74, 6) is 2.07. The highest BCUT2D eigenvalue weighted by Crippen LogP contribution is 2.23. The summed E-state index contributed by atoms with van der Waals surface area (Å²) >= 11 is 0. The summed E-state index contributed by atoms with van der Waals surface area (Å²) in [7, 11) is 1.63. The Morgan fingerprint density at radius 3 is 2.59 bits per heavy atom. The molecule has 0 aliphatic carbocycles. The lowest BCUT2D eigenvalue weighted by Crippen LogP contribution is -2.23. The molecule has 0 aliphatic rings. The SMILES string of the molecule is COc1ccc(CNC(=O)CCc2ncc(-c3ccc(C)c(C)c3)o2)cc1. The van der Waals surface area contributed by atoms with Crippen molar-refractivity contribution in [3.63, 3.8) is 0 Å². The number of hydrogen-bond donors (Lipinski definition) is 1. The van der Waals surface area contributed by atoms with Crippen LogP contribution in [0.5, 0.6) is 5.75 Å². The van der Waals surface area contributed by atoms with Crippen LogP contribution in [0.2, 0.25) is 0 Å². The molecule has 1 heterocycles. The van der Waals surface area contributed by atoms with Crippen LogP contribution in [0, 0.1) is 13.8 Å². The van der Waals surface area contributed by atoms with Gasteiger partial charge in [-0.25, -0.2) is 4.98 Å². The molecule has 0 bridgehead atoms. The molecule has 1 amide bonds. The maximum atomic E-state index is 12.1. The third kappa shape index (κ3) is 4.97. The van der Waals surface area contributed by atoms with E-state index in [0.29, 0.717) is 25.3 Å². The van der Waals surface area contributed by atoms with E-state index in [0.717, 1.165) is 22.6 Å². The molecule has 3 rings (SSSR count). The second-order valence-electron chi connectivity index (χ2n) is 6.54. The zero-order chi connectivity index (χ0) is 19.2. The first-order valence-electron chi connectivity index (χ1n) is 8.97. The van der Waals surface area contributed by atoms with Crippen LogP contribution in [-0.2, 0) is 17.8 Å². The highest BCUT2D eigenvalue weighted by atomic mass is 16.5. The number of amides is 1. The molecular formula is C22H24N2O3. The topological polar surface area (TPSA) is 64.4 Å². The number of carbonyl (C=O) groups excluding carboxylic acids is 1. The fraction of sp³-hybridized carbons (Fsp3) is 0.273. The molecule has 0 saturated carbocycles. The molecular weight excluding hydrogens is 340 g/mol. The molecule has 0 unspecified atom stereocenters. The molecule has 0 spiro atoms. The summed E-state index contributed by atoms with van der Waals surface area (Å²) < 4.78 is 10.9. The van der Waals surface area contributed by atoms with Crippen molar-refractivity contribution in [1.29, 1.82) is 0 Å². The second kappa shape index (κ2) is 8.54. The number of methoxy groups -OCH3 is 1. The van der Waals surface area contributed by atoms with Gasteiger partial charge in [-0.15, -0.1) is 0 Å². The number of oxazole rings is 1. The Bertz CT molecular complexity index is 914. The fourth-order valence-electron chi connectivity index (χ4n) is 2.71. The Labute approximate surface area is 159 Å². The highest BCUT2D eigenvalue weighted by molar-refractivity contribution is 5.76. The van der Waals surface area contributed by atoms with Gasteiger partial charge in [0.15, 0.2) is 11.7 Å². The quantitative estimate of drug-likeness (QED) is 0.682. The molecule has 0 saturated heterocycles. The Balaban J connectivity index is 1.50. The first-order chi connectivity index (χ1) is 13.0. The summed E-state index contributed by atoms with van der Waals surface area (Å²) in [6.07, 6.45) is 2.52. The van der Waals surface area contributed by atoms with Gasteiger partial charge >= 0.3 is 0 Å². The van der Waals surface area contributed by atoms with Crippen LogP contribution in [-0.4, -0.2) is 18.0 Å². The van der Waals surface area contributed by atoms with Crippen molar-refractivity contribution >= 4 is 5.91 Å². The van der Waals surface area contributed by atoms with Gasteiger partial charge in [0.1, 0.15) is 5.75 Å². The zero-order valence-electron chi connectivity index (χ0n) is 15.9. The summed E-state index contributed by atoms with van der Waals surface area (Å²) in [4.78, 5) is 16.4. The van der Waals surface area contributed by atoms with Gasteiger partial charge in [-0.05, 0) is 48.7 Å². The van der Waals surface area contributed by atoms with E-state index in [-0.39, 0.29) is 5.91 Å². The Morgan fingerprint density at radius 1 is 1.11 bits per heavy atom. The lowest BCUT2D eigenvalue weighted by molar-refractivity contribution is -0.121. The minimum absolute atomic E-state index is 0.0308. The monoisotopic (exact) mass is 364 g/mol. The third-order valence-electron chi connectivity index (χ3n) is 4.56. The zero-order valence-corrected chi connectivity index (χ0v) is 15.9. The van der Waals surface area contributed by atoms with Gasteiger partial charge < -0.3 is 14.5 Å². The van der Waals surface area contributed by atoms with Crippen molar-refractivity contribution in [2.45, 2.75) is 33.2 Å². The number of ether oxygens (including phenoxy) is 1. The minimum Gasteiger partial charge on any atom is -0.497 e. The predicted molar refractivity (Wildman–Crippen MR) is 105 cm³/mol. The van der Waals surface area contributed by atoms with E-state index in [9.17, 15) is 4.79 Å². The molecule has 0 atom stereocenters. The van der Waals surface area contributed by atoms with Crippen molar-refractivity contribution in [3.8, 4) is 17.1 Å². The van der Waals surface area contributed by atoms with Crippen LogP contribution in [0.25, 0.3) is 11.3 Å². The number of rotatable bonds is 7. The van der Waals surface area contributed by atoms with Crippen molar-refractivity contribution in [1.82, 2.24) is 10.3 Å². The Morgan fingerprint density at radius 2 is 1.89 bits per heavy atom. The standard InChI is InChI=1S/C22H24N2O3/c1-15-4-7-18(12-16(15)2)20-14-24-22(27-20)11-10-21(25)23-13-17-5-8-19(26-3)9-6-17/h4-9,12,14H,10-11,13H2,1-3H3,(H,23,25). The maximum Gasteiger partial charge on any atom is 0.220 e. The van der Waals surface area contributed by atoms with Crippen LogP contribution in [0.1, 0.15) is 29.0 Å². The average molecular weight is 364 g/mol. The van der Waals surface area contributed by atoms with Crippen LogP contribution < -0.4 is 10.1 Å². The Kier molecular flexibility index (Phi) is 5.91. The van der Waals surface area contributed by atoms with Crippen molar-refractivity contribution in [2.75, 3.05) is 7.11 Å². The number of hydrogen-bond acceptors (Lipinski definition) is 4. The van der Waals surface area contributed by atoms with Crippen LogP contribution in [0.15, 0.2) is 53.1 Å². The lowest BCUT2D eigenvalue weighted by Gasteiger charge is -2.06. The normalized spacial score (nSPS) is 10.6. The molecule has 0 radical (unpaired) electrons. The second-order valence-corrected chi connectivity index (χ2v) is 6.54. The van der Waals surface area contributed by atoms with E-state index < -0.39 is 0 Å². The number of nitrogens with one attached hydrogen (secondary N) is 1. The van der Waals surface area contributed by atoms with E-state index in [2.05, 4.69) is 36.3 Å². The molecule has 2 aromatic carbocycles. The van der Waals surface area contributed by atoms with Gasteiger partial charge in [-0.1, -0.05) is 24.3 Å². The van der Waals surface area contributed by atoms with Gasteiger partial charge in [0.2, 0.25) is 5.91 Å². The van der Waals surface area contributed by atoms with Gasteiger partial charge in [-0.2, -0.15) is 0 Å². The molecule has 1 aromatic heterocycles. The minimum atomic E-state index is -0.0308. The Hall–Kier alpha value is -3.08. The largest absolute Gasteiger partial charge is 0.497 e. The van der Waals surface area contributed by atoms with Gasteiger partial charge in [0.05, 0.1) is 13.3 Å². The van der Waals surface area contributed by atoms with E-state index in [1.165, 1.54) is 11.1 Å². The molecule has 27 heavy (non-hydrogen) atoms. The van der Waals surface area contributed by atoms with E-state index in [1.807, 2.05) is 30.3 Å². The summed E-state index contributed by atoms with van der Waals surface area (Å²) in [5, 5.41) is 2.91. The number of nitrogens with zero attached hydrogens (tertiary/aromatic N) is 1. The van der Waals surface area contributed by atoms with Gasteiger partial charge in [0.25, 0.3) is 0 Å². The summed E-state index contributed by atoms with van der Waals surface area (Å²) in [5.41, 5.74) is 4.48. The molecule has 1 N–H and O–H groups in total. The van der Waals surface area contributed by atoms with Crippen LogP contribution >= 0.6 is 0 Å². The van der Waals surface area contributed by atoms with Crippen LogP contribution in [0.4, 0.5) is 0 Å². The highest BCUT2D eigenvalue weighted by Gasteiger charge is 2.10. The lowest BCUT2D eigenvalue weighted by atomic mass is 10.1. The van der Waals surface area contributed by atoms with E-state index in [1.54, 1.807) is 13.3 Å². The molecule has 140 valence electrons. The number of carbonyl (C=O) groups is 1. The summed E-state index contributed by atoms with van der Waals surface area (Å²) in [6.45, 7) is 4.64. The molecule has 0 aliphatic heterocycles. The fourth-order valence-corrected chi connectivity index (χ4v) is 2.71. The molecule has 5 nitrogen and oxygen atoms in total. The summed E-state index contributed by atoms with van der Waals surface area (Å²) in [6, 6.07) is 13.8. The van der Waals surface area contributed by atoms with Crippen molar-refractivity contribution in [2.24, 2.45) is 0 Å². The maximum absolute atomic E-state index is 12.1. The van der Waals surface area contributed by atoms with E-state index >= 15 is 0 Å². The molecule has 0 fully saturated rings. The van der Waals surface area contributed by atoms with E-state index in [4.69, 9.17) is 9.15 Å². The molecule has 5 heteroatoms. The first kappa shape index (κ1) is 18.7. The van der Waals surface area contributed by atoms with Crippen molar-refractivity contribution < 1.29 is 13.9 Å². The van der Waals surface area contributed by atoms with Gasteiger partial charge in [-0.3, -0.25) is 4.79 Å². The molecule has 3 aromatic rings. The smallest absolute Gasteiger partial charge is 0.220 e.